The van der Waals surface area contributed by atoms with Crippen LogP contribution in [0.4, 0.5) is 4.79 Å². The lowest BCUT2D eigenvalue weighted by Gasteiger charge is -2.24. The van der Waals surface area contributed by atoms with Crippen molar-refractivity contribution >= 4 is 33.7 Å². The smallest absolute Gasteiger partial charge is 0.317 e. The number of unbranched alkanes of at least 4 members (excludes halogenated alkanes) is 4. The fraction of sp³-hybridized carbons (Fsp3) is 0.448. The Morgan fingerprint density at radius 3 is 2.14 bits per heavy atom. The van der Waals surface area contributed by atoms with Crippen molar-refractivity contribution in [2.24, 2.45) is 0 Å². The predicted molar refractivity (Wildman–Crippen MR) is 157 cm³/mol. The third-order valence-electron chi connectivity index (χ3n) is 5.86. The molecule has 0 aliphatic rings. The Labute approximate surface area is 229 Å². The molecule has 2 N–H and O–H groups in total. The highest BCUT2D eigenvalue weighted by Crippen LogP contribution is 2.32. The lowest BCUT2D eigenvalue weighted by atomic mass is 10.1. The molecule has 0 radical (unpaired) electrons. The Bertz CT molecular complexity index is 969. The number of halogens is 1. The molecule has 0 saturated heterocycles. The molecule has 1 aromatic heterocycles. The molecule has 0 saturated carbocycles. The summed E-state index contributed by atoms with van der Waals surface area (Å²) in [5, 5.41) is 5.04. The van der Waals surface area contributed by atoms with Gasteiger partial charge in [-0.2, -0.15) is 0 Å². The number of benzene rings is 2. The number of nitrogens with zero attached hydrogens (tertiary/aromatic N) is 2. The molecule has 194 valence electrons. The Morgan fingerprint density at radius 2 is 1.53 bits per heavy atom. The maximum absolute atomic E-state index is 12.6. The molecule has 0 fully saturated rings. The zero-order chi connectivity index (χ0) is 25.6. The summed E-state index contributed by atoms with van der Waals surface area (Å²) in [7, 11) is 0. The molecule has 7 heteroatoms. The summed E-state index contributed by atoms with van der Waals surface area (Å²) < 4.78 is 0. The molecule has 0 unspecified atom stereocenters. The number of aromatic nitrogens is 2. The van der Waals surface area contributed by atoms with Gasteiger partial charge in [0.05, 0.1) is 11.4 Å². The van der Waals surface area contributed by atoms with Crippen LogP contribution in [0.2, 0.25) is 0 Å². The SMILES string of the molecule is CC(C)NC(=O)N(CCCCCBr)CCCCCSc1nc(-c2ccccc2)c(-c2ccccc2)[nH]1. The molecule has 3 rings (SSSR count). The van der Waals surface area contributed by atoms with Crippen LogP contribution in [0.1, 0.15) is 52.4 Å². The van der Waals surface area contributed by atoms with E-state index in [4.69, 9.17) is 4.98 Å². The van der Waals surface area contributed by atoms with Gasteiger partial charge in [-0.25, -0.2) is 9.78 Å². The van der Waals surface area contributed by atoms with Crippen molar-refractivity contribution in [3.8, 4) is 22.5 Å². The van der Waals surface area contributed by atoms with Crippen LogP contribution in [0, 0.1) is 0 Å². The summed E-state index contributed by atoms with van der Waals surface area (Å²) in [6, 6.07) is 21.0. The van der Waals surface area contributed by atoms with Gasteiger partial charge in [-0.15, -0.1) is 0 Å². The van der Waals surface area contributed by atoms with Crippen LogP contribution in [0.5, 0.6) is 0 Å². The van der Waals surface area contributed by atoms with Crippen LogP contribution >= 0.6 is 27.7 Å². The Balaban J connectivity index is 1.50. The van der Waals surface area contributed by atoms with Gasteiger partial charge in [0.1, 0.15) is 0 Å². The zero-order valence-electron chi connectivity index (χ0n) is 21.5. The van der Waals surface area contributed by atoms with E-state index in [2.05, 4.69) is 74.8 Å². The number of amides is 2. The largest absolute Gasteiger partial charge is 0.336 e. The normalized spacial score (nSPS) is 11.1. The summed E-state index contributed by atoms with van der Waals surface area (Å²) >= 11 is 5.26. The second-order valence-electron chi connectivity index (χ2n) is 9.25. The van der Waals surface area contributed by atoms with Crippen molar-refractivity contribution in [3.63, 3.8) is 0 Å². The fourth-order valence-electron chi connectivity index (χ4n) is 4.02. The highest BCUT2D eigenvalue weighted by molar-refractivity contribution is 9.09. The molecule has 5 nitrogen and oxygen atoms in total. The maximum atomic E-state index is 12.6. The molecule has 0 bridgehead atoms. The van der Waals surface area contributed by atoms with Gasteiger partial charge in [0.25, 0.3) is 0 Å². The first-order chi connectivity index (χ1) is 17.6. The van der Waals surface area contributed by atoms with E-state index in [1.807, 2.05) is 30.9 Å². The number of H-pyrrole nitrogens is 1. The van der Waals surface area contributed by atoms with Gasteiger partial charge in [0.2, 0.25) is 0 Å². The lowest BCUT2D eigenvalue weighted by Crippen LogP contribution is -2.43. The number of rotatable bonds is 15. The number of imidazole rings is 1. The topological polar surface area (TPSA) is 61.0 Å². The summed E-state index contributed by atoms with van der Waals surface area (Å²) in [5.41, 5.74) is 4.33. The molecule has 2 amide bonds. The molecule has 3 aromatic rings. The van der Waals surface area contributed by atoms with Crippen molar-refractivity contribution in [1.29, 1.82) is 0 Å². The van der Waals surface area contributed by atoms with Gasteiger partial charge in [-0.3, -0.25) is 0 Å². The quantitative estimate of drug-likeness (QED) is 0.110. The fourth-order valence-corrected chi connectivity index (χ4v) is 5.28. The first-order valence-corrected chi connectivity index (χ1v) is 15.1. The second kappa shape index (κ2) is 15.8. The molecule has 0 aliphatic heterocycles. The van der Waals surface area contributed by atoms with Crippen LogP contribution in [0.3, 0.4) is 0 Å². The number of aromatic amines is 1. The van der Waals surface area contributed by atoms with Crippen molar-refractivity contribution in [1.82, 2.24) is 20.2 Å². The first kappa shape index (κ1) is 28.3. The van der Waals surface area contributed by atoms with Gasteiger partial charge in [-0.05, 0) is 39.5 Å². The van der Waals surface area contributed by atoms with E-state index < -0.39 is 0 Å². The Morgan fingerprint density at radius 1 is 0.917 bits per heavy atom. The van der Waals surface area contributed by atoms with Crippen LogP contribution in [0.15, 0.2) is 65.8 Å². The van der Waals surface area contributed by atoms with Crippen molar-refractivity contribution in [3.05, 3.63) is 60.7 Å². The number of urea groups is 1. The van der Waals surface area contributed by atoms with E-state index >= 15 is 0 Å². The van der Waals surface area contributed by atoms with Gasteiger partial charge in [0, 0.05) is 41.3 Å². The van der Waals surface area contributed by atoms with Gasteiger partial charge in [0.15, 0.2) is 5.16 Å². The van der Waals surface area contributed by atoms with Crippen molar-refractivity contribution in [2.75, 3.05) is 24.2 Å². The minimum Gasteiger partial charge on any atom is -0.336 e. The van der Waals surface area contributed by atoms with Crippen LogP contribution in [0.25, 0.3) is 22.5 Å². The van der Waals surface area contributed by atoms with E-state index in [-0.39, 0.29) is 12.1 Å². The highest BCUT2D eigenvalue weighted by atomic mass is 79.9. The first-order valence-electron chi connectivity index (χ1n) is 13.0. The molecule has 0 aliphatic carbocycles. The molecule has 36 heavy (non-hydrogen) atoms. The number of alkyl halides is 1. The molecular formula is C29H39BrN4OS. The van der Waals surface area contributed by atoms with E-state index in [0.29, 0.717) is 0 Å². The third kappa shape index (κ3) is 9.32. The zero-order valence-corrected chi connectivity index (χ0v) is 23.9. The standard InChI is InChI=1S/C29H39BrN4OS/c1-23(2)31-29(35)34(20-12-5-11-19-30)21-13-6-14-22-36-28-32-26(24-15-7-3-8-16-24)27(33-28)25-17-9-4-10-18-25/h3-4,7-10,15-18,23H,5-6,11-14,19-22H2,1-2H3,(H,31,35)(H,32,33). The lowest BCUT2D eigenvalue weighted by molar-refractivity contribution is 0.193. The molecule has 2 aromatic carbocycles. The highest BCUT2D eigenvalue weighted by Gasteiger charge is 2.15. The molecular weight excluding hydrogens is 532 g/mol. The van der Waals surface area contributed by atoms with Crippen molar-refractivity contribution < 1.29 is 4.79 Å². The number of hydrogen-bond acceptors (Lipinski definition) is 3. The Hall–Kier alpha value is -2.25. The maximum Gasteiger partial charge on any atom is 0.317 e. The van der Waals surface area contributed by atoms with E-state index in [1.54, 1.807) is 11.8 Å². The third-order valence-corrected chi connectivity index (χ3v) is 7.38. The number of carbonyl (C=O) groups excluding carboxylic acids is 1. The predicted octanol–water partition coefficient (Wildman–Crippen LogP) is 7.99. The van der Waals surface area contributed by atoms with Crippen LogP contribution in [-0.2, 0) is 0 Å². The van der Waals surface area contributed by atoms with E-state index in [9.17, 15) is 4.79 Å². The minimum atomic E-state index is 0.0654. The number of nitrogens with one attached hydrogen (secondary N) is 2. The van der Waals surface area contributed by atoms with Gasteiger partial charge in [-0.1, -0.05) is 101 Å². The molecule has 0 spiro atoms. The monoisotopic (exact) mass is 570 g/mol. The summed E-state index contributed by atoms with van der Waals surface area (Å²) in [5.74, 6) is 0.999. The van der Waals surface area contributed by atoms with Gasteiger partial charge < -0.3 is 15.2 Å². The average molecular weight is 572 g/mol. The minimum absolute atomic E-state index is 0.0654. The van der Waals surface area contributed by atoms with Crippen LogP contribution < -0.4 is 5.32 Å². The summed E-state index contributed by atoms with van der Waals surface area (Å²) in [6.07, 6.45) is 6.56. The molecule has 0 atom stereocenters. The van der Waals surface area contributed by atoms with Crippen molar-refractivity contribution in [2.45, 2.75) is 63.6 Å². The number of hydrogen-bond donors (Lipinski definition) is 2. The molecule has 1 heterocycles. The summed E-state index contributed by atoms with van der Waals surface area (Å²) in [4.78, 5) is 23.1. The second-order valence-corrected chi connectivity index (χ2v) is 11.1. The van der Waals surface area contributed by atoms with Crippen LogP contribution in [-0.4, -0.2) is 51.1 Å². The van der Waals surface area contributed by atoms with Gasteiger partial charge >= 0.3 is 6.03 Å². The average Bonchev–Trinajstić information content (AvgIpc) is 3.32. The summed E-state index contributed by atoms with van der Waals surface area (Å²) in [6.45, 7) is 5.67. The van der Waals surface area contributed by atoms with E-state index in [0.717, 1.165) is 90.4 Å². The van der Waals surface area contributed by atoms with E-state index in [1.165, 1.54) is 0 Å². The number of carbonyl (C=O) groups is 1. The number of thioether (sulfide) groups is 1. The Kier molecular flexibility index (Phi) is 12.4.